The average molecular weight is 487 g/mol. The number of nitrogens with one attached hydrogen (secondary N) is 1. The third kappa shape index (κ3) is 4.43. The summed E-state index contributed by atoms with van der Waals surface area (Å²) in [5.74, 6) is -0.628. The van der Waals surface area contributed by atoms with Crippen molar-refractivity contribution in [1.82, 2.24) is 15.1 Å². The zero-order valence-electron chi connectivity index (χ0n) is 20.1. The monoisotopic (exact) mass is 486 g/mol. The molecule has 182 valence electrons. The minimum absolute atomic E-state index is 0.0406. The lowest BCUT2D eigenvalue weighted by Crippen LogP contribution is -2.65. The number of aryl methyl sites for hydroxylation is 1. The van der Waals surface area contributed by atoms with Gasteiger partial charge in [0, 0.05) is 22.8 Å². The second-order valence-corrected chi connectivity index (χ2v) is 10.0. The molecule has 1 unspecified atom stereocenters. The zero-order chi connectivity index (χ0) is 24.6. The molecule has 34 heavy (non-hydrogen) atoms. The van der Waals surface area contributed by atoms with Crippen LogP contribution in [0, 0.1) is 12.8 Å². The molecule has 1 saturated carbocycles. The molecule has 1 aromatic heterocycles. The smallest absolute Gasteiger partial charge is 0.358 e. The van der Waals surface area contributed by atoms with Crippen molar-refractivity contribution in [3.05, 3.63) is 46.2 Å². The first-order chi connectivity index (χ1) is 16.1. The number of esters is 1. The van der Waals surface area contributed by atoms with E-state index in [1.54, 1.807) is 26.0 Å². The van der Waals surface area contributed by atoms with Crippen LogP contribution in [0.2, 0.25) is 5.02 Å². The second kappa shape index (κ2) is 9.41. The first kappa shape index (κ1) is 24.3. The topological polar surface area (TPSA) is 93.5 Å². The lowest BCUT2D eigenvalue weighted by Gasteiger charge is -2.44. The summed E-state index contributed by atoms with van der Waals surface area (Å²) >= 11 is 6.29. The number of anilines is 1. The van der Waals surface area contributed by atoms with E-state index in [-0.39, 0.29) is 36.5 Å². The van der Waals surface area contributed by atoms with Crippen LogP contribution in [0.4, 0.5) is 5.69 Å². The van der Waals surface area contributed by atoms with E-state index < -0.39 is 17.4 Å². The van der Waals surface area contributed by atoms with E-state index >= 15 is 0 Å². The lowest BCUT2D eigenvalue weighted by atomic mass is 9.86. The zero-order valence-corrected chi connectivity index (χ0v) is 20.8. The fourth-order valence-corrected chi connectivity index (χ4v) is 5.00. The number of amides is 2. The Morgan fingerprint density at radius 2 is 1.94 bits per heavy atom. The molecule has 1 atom stereocenters. The maximum Gasteiger partial charge on any atom is 0.358 e. The molecule has 2 amide bonds. The summed E-state index contributed by atoms with van der Waals surface area (Å²) in [7, 11) is 0. The fraction of sp³-hybridized carbons (Fsp3) is 0.520. The van der Waals surface area contributed by atoms with E-state index in [1.165, 1.54) is 15.6 Å². The molecule has 1 aliphatic heterocycles. The van der Waals surface area contributed by atoms with Gasteiger partial charge in [-0.05, 0) is 70.1 Å². The number of carbonyl (C=O) groups excluding carboxylic acids is 3. The minimum Gasteiger partial charge on any atom is -0.461 e. The van der Waals surface area contributed by atoms with E-state index in [0.717, 1.165) is 31.2 Å². The molecular weight excluding hydrogens is 456 g/mol. The van der Waals surface area contributed by atoms with Crippen LogP contribution in [-0.4, -0.2) is 45.8 Å². The molecule has 0 spiro atoms. The maximum atomic E-state index is 13.8. The molecule has 2 aromatic rings. The SMILES string of the molecule is CCOC(=O)c1cc2n(n1)CC(C)(C(=O)NC1CCC(C)CC1)N(c1cc(Cl)ccc1C)C2=O. The maximum absolute atomic E-state index is 13.8. The van der Waals surface area contributed by atoms with Crippen molar-refractivity contribution >= 4 is 35.1 Å². The first-order valence-electron chi connectivity index (χ1n) is 11.8. The van der Waals surface area contributed by atoms with Crippen LogP contribution in [0.5, 0.6) is 0 Å². The third-order valence-electron chi connectivity index (χ3n) is 6.89. The number of halogens is 1. The van der Waals surface area contributed by atoms with Crippen molar-refractivity contribution in [3.63, 3.8) is 0 Å². The Kier molecular flexibility index (Phi) is 6.71. The Morgan fingerprint density at radius 3 is 2.62 bits per heavy atom. The second-order valence-electron chi connectivity index (χ2n) is 9.57. The first-order valence-corrected chi connectivity index (χ1v) is 12.2. The normalized spacial score (nSPS) is 24.5. The Bertz CT molecular complexity index is 1120. The quantitative estimate of drug-likeness (QED) is 0.641. The van der Waals surface area contributed by atoms with Crippen LogP contribution in [0.25, 0.3) is 0 Å². The molecule has 8 nitrogen and oxygen atoms in total. The van der Waals surface area contributed by atoms with Gasteiger partial charge in [0.05, 0.1) is 13.2 Å². The highest BCUT2D eigenvalue weighted by Gasteiger charge is 2.50. The van der Waals surface area contributed by atoms with Crippen molar-refractivity contribution in [1.29, 1.82) is 0 Å². The highest BCUT2D eigenvalue weighted by Crippen LogP contribution is 2.36. The molecule has 1 aliphatic carbocycles. The molecule has 0 bridgehead atoms. The van der Waals surface area contributed by atoms with Crippen molar-refractivity contribution in [2.75, 3.05) is 11.5 Å². The van der Waals surface area contributed by atoms with Gasteiger partial charge in [-0.3, -0.25) is 19.2 Å². The van der Waals surface area contributed by atoms with Crippen molar-refractivity contribution in [2.24, 2.45) is 5.92 Å². The van der Waals surface area contributed by atoms with Crippen LogP contribution in [0.1, 0.15) is 73.0 Å². The summed E-state index contributed by atoms with van der Waals surface area (Å²) < 4.78 is 6.50. The Hall–Kier alpha value is -2.87. The van der Waals surface area contributed by atoms with Gasteiger partial charge in [0.15, 0.2) is 5.69 Å². The van der Waals surface area contributed by atoms with Gasteiger partial charge in [-0.15, -0.1) is 0 Å². The van der Waals surface area contributed by atoms with E-state index in [9.17, 15) is 14.4 Å². The van der Waals surface area contributed by atoms with Gasteiger partial charge in [-0.25, -0.2) is 4.79 Å². The summed E-state index contributed by atoms with van der Waals surface area (Å²) in [4.78, 5) is 41.4. The number of carbonyl (C=O) groups is 3. The summed E-state index contributed by atoms with van der Waals surface area (Å²) in [5, 5.41) is 7.96. The third-order valence-corrected chi connectivity index (χ3v) is 7.13. The number of ether oxygens (including phenoxy) is 1. The largest absolute Gasteiger partial charge is 0.461 e. The molecule has 2 aliphatic rings. The average Bonchev–Trinajstić information content (AvgIpc) is 3.22. The molecule has 1 N–H and O–H groups in total. The van der Waals surface area contributed by atoms with Gasteiger partial charge in [-0.2, -0.15) is 5.10 Å². The summed E-state index contributed by atoms with van der Waals surface area (Å²) in [6, 6.07) is 6.75. The standard InChI is InChI=1S/C25H31ClN4O4/c1-5-34-23(32)19-13-21-22(31)30(20-12-17(26)9-8-16(20)3)25(4,14-29(21)28-19)24(33)27-18-10-6-15(2)7-11-18/h8-9,12-13,15,18H,5-7,10-11,14H2,1-4H3,(H,27,33). The van der Waals surface area contributed by atoms with Gasteiger partial charge in [0.1, 0.15) is 11.2 Å². The number of fused-ring (bicyclic) bond motifs is 1. The van der Waals surface area contributed by atoms with E-state index in [1.807, 2.05) is 13.0 Å². The number of rotatable bonds is 5. The Labute approximate surface area is 204 Å². The number of nitrogens with zero attached hydrogens (tertiary/aromatic N) is 3. The Balaban J connectivity index is 1.75. The van der Waals surface area contributed by atoms with Crippen LogP contribution < -0.4 is 10.2 Å². The van der Waals surface area contributed by atoms with Crippen LogP contribution in [-0.2, 0) is 16.1 Å². The molecule has 0 saturated heterocycles. The van der Waals surface area contributed by atoms with E-state index in [0.29, 0.717) is 16.6 Å². The van der Waals surface area contributed by atoms with Gasteiger partial charge in [-0.1, -0.05) is 24.6 Å². The molecule has 4 rings (SSSR count). The van der Waals surface area contributed by atoms with Gasteiger partial charge in [0.25, 0.3) is 5.91 Å². The fourth-order valence-electron chi connectivity index (χ4n) is 4.83. The summed E-state index contributed by atoms with van der Waals surface area (Å²) in [6.45, 7) is 7.83. The van der Waals surface area contributed by atoms with Crippen molar-refractivity contribution in [2.45, 2.75) is 71.5 Å². The van der Waals surface area contributed by atoms with Gasteiger partial charge < -0.3 is 10.1 Å². The number of hydrogen-bond acceptors (Lipinski definition) is 5. The van der Waals surface area contributed by atoms with E-state index in [4.69, 9.17) is 16.3 Å². The molecule has 9 heteroatoms. The summed E-state index contributed by atoms with van der Waals surface area (Å²) in [5.41, 5.74) is 0.345. The minimum atomic E-state index is -1.28. The van der Waals surface area contributed by atoms with Crippen LogP contribution in [0.15, 0.2) is 24.3 Å². The molecule has 2 heterocycles. The van der Waals surface area contributed by atoms with E-state index in [2.05, 4.69) is 17.3 Å². The van der Waals surface area contributed by atoms with Gasteiger partial charge >= 0.3 is 5.97 Å². The van der Waals surface area contributed by atoms with Crippen LogP contribution >= 0.6 is 11.6 Å². The van der Waals surface area contributed by atoms with Crippen molar-refractivity contribution in [3.8, 4) is 0 Å². The molecule has 1 fully saturated rings. The van der Waals surface area contributed by atoms with Crippen molar-refractivity contribution < 1.29 is 19.1 Å². The molecule has 0 radical (unpaired) electrons. The van der Waals surface area contributed by atoms with Crippen LogP contribution in [0.3, 0.4) is 0 Å². The predicted octanol–water partition coefficient (Wildman–Crippen LogP) is 4.14. The number of hydrogen-bond donors (Lipinski definition) is 1. The number of aromatic nitrogens is 2. The Morgan fingerprint density at radius 1 is 1.24 bits per heavy atom. The van der Waals surface area contributed by atoms with Gasteiger partial charge in [0.2, 0.25) is 5.91 Å². The molecular formula is C25H31ClN4O4. The highest BCUT2D eigenvalue weighted by atomic mass is 35.5. The summed E-state index contributed by atoms with van der Waals surface area (Å²) in [6.07, 6.45) is 3.94. The highest BCUT2D eigenvalue weighted by molar-refractivity contribution is 6.31. The predicted molar refractivity (Wildman–Crippen MR) is 129 cm³/mol. The lowest BCUT2D eigenvalue weighted by molar-refractivity contribution is -0.127. The number of benzene rings is 1. The molecule has 1 aromatic carbocycles.